The van der Waals surface area contributed by atoms with Gasteiger partial charge in [-0.15, -0.1) is 0 Å². The number of hydrogen-bond acceptors (Lipinski definition) is 5. The van der Waals surface area contributed by atoms with Crippen LogP contribution in [0.15, 0.2) is 59.7 Å². The van der Waals surface area contributed by atoms with E-state index in [2.05, 4.69) is 64.6 Å². The van der Waals surface area contributed by atoms with Gasteiger partial charge in [0.15, 0.2) is 0 Å². The van der Waals surface area contributed by atoms with Gasteiger partial charge in [0.2, 0.25) is 5.88 Å². The molecule has 0 saturated carbocycles. The van der Waals surface area contributed by atoms with E-state index in [1.165, 1.54) is 6.33 Å². The molecule has 6 heteroatoms. The largest absolute Gasteiger partial charge is 0.445 e. The smallest absolute Gasteiger partial charge is 0.205 e. The molecule has 6 nitrogen and oxygen atoms in total. The van der Waals surface area contributed by atoms with Crippen LogP contribution in [-0.4, -0.2) is 14.8 Å². The highest BCUT2D eigenvalue weighted by Gasteiger charge is 2.39. The molecule has 2 heterocycles. The van der Waals surface area contributed by atoms with Crippen LogP contribution in [0.5, 0.6) is 0 Å². The number of rotatable bonds is 5. The number of allylic oxidation sites excluding steroid dienone is 3. The van der Waals surface area contributed by atoms with Gasteiger partial charge in [-0.1, -0.05) is 80.9 Å². The Hall–Kier alpha value is -3.07. The molecule has 1 aliphatic heterocycles. The van der Waals surface area contributed by atoms with Crippen molar-refractivity contribution in [3.63, 3.8) is 0 Å². The normalized spacial score (nSPS) is 16.5. The Labute approximate surface area is 212 Å². The number of nitriles is 1. The zero-order valence-corrected chi connectivity index (χ0v) is 23.4. The van der Waals surface area contributed by atoms with Gasteiger partial charge in [0.05, 0.1) is 5.69 Å². The van der Waals surface area contributed by atoms with Gasteiger partial charge >= 0.3 is 0 Å². The Morgan fingerprint density at radius 3 is 2.14 bits per heavy atom. The van der Waals surface area contributed by atoms with Gasteiger partial charge in [-0.3, -0.25) is 0 Å². The number of aromatic nitrogens is 3. The Morgan fingerprint density at radius 1 is 1.14 bits per heavy atom. The lowest BCUT2D eigenvalue weighted by atomic mass is 9.67. The highest BCUT2D eigenvalue weighted by molar-refractivity contribution is 5.51. The third-order valence-corrected chi connectivity index (χ3v) is 5.56. The first-order chi connectivity index (χ1) is 16.5. The average Bonchev–Trinajstić information content (AvgIpc) is 3.33. The summed E-state index contributed by atoms with van der Waals surface area (Å²) in [6.45, 7) is 21.4. The average molecular weight is 480 g/mol. The number of benzene rings is 1. The molecule has 0 saturated heterocycles. The molecule has 0 spiro atoms. The van der Waals surface area contributed by atoms with Crippen LogP contribution in [0.2, 0.25) is 0 Å². The van der Waals surface area contributed by atoms with E-state index in [9.17, 15) is 5.26 Å². The molecule has 3 rings (SSSR count). The molecule has 0 amide bonds. The van der Waals surface area contributed by atoms with Crippen molar-refractivity contribution in [2.24, 2.45) is 23.0 Å². The summed E-state index contributed by atoms with van der Waals surface area (Å²) in [7, 11) is 0. The van der Waals surface area contributed by atoms with Gasteiger partial charge in [0.1, 0.15) is 30.1 Å². The van der Waals surface area contributed by atoms with E-state index in [1.54, 1.807) is 11.0 Å². The molecule has 0 fully saturated rings. The zero-order valence-electron chi connectivity index (χ0n) is 23.4. The van der Waals surface area contributed by atoms with Crippen LogP contribution in [0.1, 0.15) is 93.6 Å². The lowest BCUT2D eigenvalue weighted by molar-refractivity contribution is 0.217. The van der Waals surface area contributed by atoms with Crippen LogP contribution >= 0.6 is 0 Å². The minimum Gasteiger partial charge on any atom is -0.445 e. The summed E-state index contributed by atoms with van der Waals surface area (Å²) in [6, 6.07) is 10.4. The van der Waals surface area contributed by atoms with Crippen molar-refractivity contribution in [1.82, 2.24) is 14.8 Å². The molecule has 2 aromatic rings. The third-order valence-electron chi connectivity index (χ3n) is 5.56. The Bertz CT molecular complexity index is 1000. The first-order valence-corrected chi connectivity index (χ1v) is 12.7. The van der Waals surface area contributed by atoms with Crippen LogP contribution in [0.4, 0.5) is 0 Å². The minimum atomic E-state index is -0.214. The van der Waals surface area contributed by atoms with Gasteiger partial charge < -0.3 is 10.5 Å². The standard InChI is InChI=1S/C23H29N5O.C4H10.C2H6/c1-6-7-19(23(3,4)5)20-15(2)29-22(25)18(12-24)21(20)16-8-10-17(11-9-16)28-14-26-13-27-28;1-4(2)3;1-2/h8-11,13-14,19,21H,6-7,25H2,1-5H3;4H,1-3H3;1-2H3. The van der Waals surface area contributed by atoms with Crippen molar-refractivity contribution < 1.29 is 4.74 Å². The van der Waals surface area contributed by atoms with E-state index in [4.69, 9.17) is 10.5 Å². The minimum absolute atomic E-state index is 0.0293. The molecule has 2 atom stereocenters. The van der Waals surface area contributed by atoms with Crippen LogP contribution in [-0.2, 0) is 4.74 Å². The molecule has 1 aromatic carbocycles. The van der Waals surface area contributed by atoms with Crippen molar-refractivity contribution in [1.29, 1.82) is 5.26 Å². The van der Waals surface area contributed by atoms with Crippen LogP contribution in [0, 0.1) is 28.6 Å². The molecule has 0 bridgehead atoms. The van der Waals surface area contributed by atoms with Crippen molar-refractivity contribution in [2.75, 3.05) is 0 Å². The number of nitrogens with two attached hydrogens (primary N) is 1. The maximum absolute atomic E-state index is 9.90. The van der Waals surface area contributed by atoms with Crippen LogP contribution in [0.25, 0.3) is 5.69 Å². The first kappa shape index (κ1) is 30.0. The summed E-state index contributed by atoms with van der Waals surface area (Å²) in [6.07, 6.45) is 5.24. The maximum atomic E-state index is 9.90. The number of ether oxygens (including phenoxy) is 1. The topological polar surface area (TPSA) is 89.8 Å². The summed E-state index contributed by atoms with van der Waals surface area (Å²) >= 11 is 0. The van der Waals surface area contributed by atoms with E-state index in [0.717, 1.165) is 41.3 Å². The van der Waals surface area contributed by atoms with E-state index < -0.39 is 0 Å². The van der Waals surface area contributed by atoms with Gasteiger partial charge in [-0.25, -0.2) is 9.67 Å². The van der Waals surface area contributed by atoms with Gasteiger partial charge in [-0.05, 0) is 53.9 Å². The Balaban J connectivity index is 0.000000926. The second-order valence-electron chi connectivity index (χ2n) is 10.3. The monoisotopic (exact) mass is 479 g/mol. The Kier molecular flexibility index (Phi) is 11.7. The van der Waals surface area contributed by atoms with Crippen molar-refractivity contribution in [2.45, 2.75) is 88.0 Å². The summed E-state index contributed by atoms with van der Waals surface area (Å²) in [5.41, 5.74) is 9.73. The highest BCUT2D eigenvalue weighted by Crippen LogP contribution is 2.48. The highest BCUT2D eigenvalue weighted by atomic mass is 16.5. The van der Waals surface area contributed by atoms with E-state index in [-0.39, 0.29) is 23.1 Å². The first-order valence-electron chi connectivity index (χ1n) is 12.7. The second-order valence-corrected chi connectivity index (χ2v) is 10.3. The van der Waals surface area contributed by atoms with Gasteiger partial charge in [-0.2, -0.15) is 10.4 Å². The van der Waals surface area contributed by atoms with Crippen molar-refractivity contribution in [3.8, 4) is 11.8 Å². The van der Waals surface area contributed by atoms with Crippen LogP contribution in [0.3, 0.4) is 0 Å². The van der Waals surface area contributed by atoms with Crippen molar-refractivity contribution >= 4 is 0 Å². The Morgan fingerprint density at radius 2 is 1.71 bits per heavy atom. The number of hydrogen-bond donors (Lipinski definition) is 1. The predicted octanol–water partition coefficient (Wildman–Crippen LogP) is 7.50. The fourth-order valence-corrected chi connectivity index (χ4v) is 4.20. The van der Waals surface area contributed by atoms with Gasteiger partial charge in [0, 0.05) is 5.92 Å². The molecule has 1 aliphatic rings. The summed E-state index contributed by atoms with van der Waals surface area (Å²) in [5.74, 6) is 1.89. The van der Waals surface area contributed by atoms with E-state index in [1.807, 2.05) is 45.0 Å². The zero-order chi connectivity index (χ0) is 26.8. The second kappa shape index (κ2) is 13.7. The third kappa shape index (κ3) is 7.99. The molecular weight excluding hydrogens is 434 g/mol. The van der Waals surface area contributed by atoms with Crippen LogP contribution < -0.4 is 5.73 Å². The molecule has 2 unspecified atom stereocenters. The molecular formula is C29H45N5O. The predicted molar refractivity (Wildman–Crippen MR) is 144 cm³/mol. The maximum Gasteiger partial charge on any atom is 0.205 e. The quantitative estimate of drug-likeness (QED) is 0.479. The molecule has 35 heavy (non-hydrogen) atoms. The van der Waals surface area contributed by atoms with Crippen molar-refractivity contribution in [3.05, 3.63) is 65.3 Å². The molecule has 1 aromatic heterocycles. The fourth-order valence-electron chi connectivity index (χ4n) is 4.20. The lowest BCUT2D eigenvalue weighted by Crippen LogP contribution is -2.30. The molecule has 2 N–H and O–H groups in total. The summed E-state index contributed by atoms with van der Waals surface area (Å²) in [5, 5.41) is 14.1. The van der Waals surface area contributed by atoms with E-state index >= 15 is 0 Å². The SMILES string of the molecule is CC.CC(C)C.CCCC(C1=C(C)OC(N)=C(C#N)C1c1ccc(-n2cncn2)cc1)C(C)(C)C. The molecule has 192 valence electrons. The fraction of sp³-hybridized carbons (Fsp3) is 0.552. The molecule has 0 aliphatic carbocycles. The molecule has 0 radical (unpaired) electrons. The summed E-state index contributed by atoms with van der Waals surface area (Å²) < 4.78 is 7.56. The number of nitrogens with zero attached hydrogens (tertiary/aromatic N) is 4. The van der Waals surface area contributed by atoms with Gasteiger partial charge in [0.25, 0.3) is 0 Å². The van der Waals surface area contributed by atoms with E-state index in [0.29, 0.717) is 5.57 Å². The summed E-state index contributed by atoms with van der Waals surface area (Å²) in [4.78, 5) is 4.00. The lowest BCUT2D eigenvalue weighted by Gasteiger charge is -2.39.